The molecule has 4 nitrogen and oxygen atoms in total. The van der Waals surface area contributed by atoms with Crippen molar-refractivity contribution in [1.82, 2.24) is 9.80 Å². The van der Waals surface area contributed by atoms with Crippen molar-refractivity contribution in [2.75, 3.05) is 51.3 Å². The molecule has 0 spiro atoms. The van der Waals surface area contributed by atoms with Crippen molar-refractivity contribution in [3.63, 3.8) is 0 Å². The van der Waals surface area contributed by atoms with E-state index >= 15 is 0 Å². The third-order valence-corrected chi connectivity index (χ3v) is 5.36. The predicted octanol–water partition coefficient (Wildman–Crippen LogP) is 2.52. The van der Waals surface area contributed by atoms with Crippen molar-refractivity contribution < 1.29 is 4.74 Å². The Morgan fingerprint density at radius 3 is 2.75 bits per heavy atom. The minimum absolute atomic E-state index is 0.422. The Morgan fingerprint density at radius 1 is 1.12 bits per heavy atom. The van der Waals surface area contributed by atoms with Crippen LogP contribution >= 0.6 is 0 Å². The van der Waals surface area contributed by atoms with Gasteiger partial charge in [-0.1, -0.05) is 18.2 Å². The Labute approximate surface area is 145 Å². The highest BCUT2D eigenvalue weighted by Gasteiger charge is 2.28. The van der Waals surface area contributed by atoms with E-state index in [1.165, 1.54) is 16.8 Å². The molecule has 1 aromatic carbocycles. The maximum absolute atomic E-state index is 6.15. The molecule has 4 heteroatoms. The summed E-state index contributed by atoms with van der Waals surface area (Å²) in [4.78, 5) is 7.36. The number of allylic oxidation sites excluding steroid dienone is 2. The normalized spacial score (nSPS) is 24.4. The summed E-state index contributed by atoms with van der Waals surface area (Å²) in [6.07, 6.45) is 7.79. The summed E-state index contributed by atoms with van der Waals surface area (Å²) in [6.45, 7) is 8.38. The molecule has 0 bridgehead atoms. The van der Waals surface area contributed by atoms with Crippen LogP contribution in [0.1, 0.15) is 12.5 Å². The van der Waals surface area contributed by atoms with Crippen LogP contribution in [-0.2, 0) is 6.42 Å². The topological polar surface area (TPSA) is 19.0 Å². The first-order valence-corrected chi connectivity index (χ1v) is 8.99. The molecule has 0 aliphatic carbocycles. The smallest absolute Gasteiger partial charge is 0.124 e. The summed E-state index contributed by atoms with van der Waals surface area (Å²) in [6, 6.07) is 6.96. The van der Waals surface area contributed by atoms with E-state index in [9.17, 15) is 0 Å². The first-order chi connectivity index (χ1) is 11.7. The lowest BCUT2D eigenvalue weighted by Crippen LogP contribution is -2.46. The molecule has 3 heterocycles. The van der Waals surface area contributed by atoms with E-state index in [1.54, 1.807) is 0 Å². The molecule has 1 atom stereocenters. The van der Waals surface area contributed by atoms with Gasteiger partial charge in [-0.3, -0.25) is 0 Å². The number of rotatable bonds is 2. The van der Waals surface area contributed by atoms with Crippen LogP contribution in [0.5, 0.6) is 5.75 Å². The van der Waals surface area contributed by atoms with E-state index in [4.69, 9.17) is 4.74 Å². The van der Waals surface area contributed by atoms with E-state index < -0.39 is 0 Å². The van der Waals surface area contributed by atoms with Gasteiger partial charge in [-0.25, -0.2) is 0 Å². The van der Waals surface area contributed by atoms with E-state index in [-0.39, 0.29) is 0 Å². The zero-order chi connectivity index (χ0) is 16.5. The van der Waals surface area contributed by atoms with Gasteiger partial charge in [-0.2, -0.15) is 0 Å². The Hall–Kier alpha value is -1.94. The first kappa shape index (κ1) is 15.6. The fraction of sp³-hybridized carbons (Fsp3) is 0.500. The van der Waals surface area contributed by atoms with E-state index in [0.29, 0.717) is 6.04 Å². The van der Waals surface area contributed by atoms with Gasteiger partial charge in [0.25, 0.3) is 0 Å². The second-order valence-corrected chi connectivity index (χ2v) is 7.19. The summed E-state index contributed by atoms with van der Waals surface area (Å²) >= 11 is 0. The Kier molecular flexibility index (Phi) is 4.23. The molecular weight excluding hydrogens is 298 g/mol. The molecular formula is C20H27N3O. The molecule has 0 saturated carbocycles. The van der Waals surface area contributed by atoms with Crippen molar-refractivity contribution in [3.05, 3.63) is 47.7 Å². The van der Waals surface area contributed by atoms with Crippen molar-refractivity contribution in [3.8, 4) is 5.75 Å². The van der Waals surface area contributed by atoms with Gasteiger partial charge in [-0.15, -0.1) is 0 Å². The van der Waals surface area contributed by atoms with E-state index in [2.05, 4.69) is 65.2 Å². The van der Waals surface area contributed by atoms with Gasteiger partial charge in [0.1, 0.15) is 12.4 Å². The zero-order valence-corrected chi connectivity index (χ0v) is 14.7. The summed E-state index contributed by atoms with van der Waals surface area (Å²) in [5, 5.41) is 0. The van der Waals surface area contributed by atoms with Crippen molar-refractivity contribution in [2.24, 2.45) is 0 Å². The summed E-state index contributed by atoms with van der Waals surface area (Å²) in [7, 11) is 2.20. The third-order valence-electron chi connectivity index (χ3n) is 5.36. The van der Waals surface area contributed by atoms with Crippen molar-refractivity contribution in [1.29, 1.82) is 0 Å². The highest BCUT2D eigenvalue weighted by atomic mass is 16.5. The number of fused-ring (bicyclic) bond motifs is 1. The number of benzene rings is 1. The Bertz CT molecular complexity index is 659. The monoisotopic (exact) mass is 325 g/mol. The molecule has 0 unspecified atom stereocenters. The average molecular weight is 325 g/mol. The van der Waals surface area contributed by atoms with Gasteiger partial charge in [0.05, 0.1) is 6.04 Å². The summed E-state index contributed by atoms with van der Waals surface area (Å²) in [5.74, 6) is 1.08. The van der Waals surface area contributed by atoms with Crippen molar-refractivity contribution >= 4 is 5.69 Å². The van der Waals surface area contributed by atoms with Crippen LogP contribution in [0.4, 0.5) is 5.69 Å². The standard InChI is InChI=1S/C20H27N3O/c1-16-5-4-8-23(14-16)17-13-18-19(6-3-7-20(18)24-15-17)22-11-9-21(2)10-12-22/h3-7,14,17H,8-13,15H2,1-2H3/t17-/m0/s1. The van der Waals surface area contributed by atoms with Crippen LogP contribution in [0, 0.1) is 0 Å². The maximum Gasteiger partial charge on any atom is 0.124 e. The third kappa shape index (κ3) is 3.03. The number of hydrogen-bond acceptors (Lipinski definition) is 4. The molecule has 1 fully saturated rings. The van der Waals surface area contributed by atoms with E-state index in [0.717, 1.165) is 51.5 Å². The van der Waals surface area contributed by atoms with Crippen molar-refractivity contribution in [2.45, 2.75) is 19.4 Å². The highest BCUT2D eigenvalue weighted by molar-refractivity contribution is 5.60. The predicted molar refractivity (Wildman–Crippen MR) is 98.7 cm³/mol. The van der Waals surface area contributed by atoms with Gasteiger partial charge in [0.15, 0.2) is 0 Å². The van der Waals surface area contributed by atoms with Gasteiger partial charge in [0.2, 0.25) is 0 Å². The molecule has 128 valence electrons. The second-order valence-electron chi connectivity index (χ2n) is 7.19. The number of ether oxygens (including phenoxy) is 1. The molecule has 3 aliphatic rings. The fourth-order valence-corrected chi connectivity index (χ4v) is 3.90. The van der Waals surface area contributed by atoms with Crippen LogP contribution in [0.2, 0.25) is 0 Å². The molecule has 1 aromatic rings. The quantitative estimate of drug-likeness (QED) is 0.832. The maximum atomic E-state index is 6.15. The van der Waals surface area contributed by atoms with Crippen LogP contribution in [0.25, 0.3) is 0 Å². The molecule has 0 radical (unpaired) electrons. The number of likely N-dealkylation sites (N-methyl/N-ethyl adjacent to an activating group) is 1. The van der Waals surface area contributed by atoms with Crippen LogP contribution in [0.15, 0.2) is 42.1 Å². The Balaban J connectivity index is 1.57. The minimum atomic E-state index is 0.422. The van der Waals surface area contributed by atoms with Crippen LogP contribution < -0.4 is 9.64 Å². The molecule has 3 aliphatic heterocycles. The molecule has 4 rings (SSSR count). The largest absolute Gasteiger partial charge is 0.491 e. The Morgan fingerprint density at radius 2 is 1.96 bits per heavy atom. The van der Waals surface area contributed by atoms with Crippen LogP contribution in [0.3, 0.4) is 0 Å². The molecule has 24 heavy (non-hydrogen) atoms. The summed E-state index contributed by atoms with van der Waals surface area (Å²) in [5.41, 5.74) is 4.08. The zero-order valence-electron chi connectivity index (χ0n) is 14.7. The molecule has 0 amide bonds. The van der Waals surface area contributed by atoms with E-state index in [1.807, 2.05) is 0 Å². The SMILES string of the molecule is CC1=CN([C@@H]2COc3cccc(N4CCN(C)CC4)c3C2)CC=C1. The first-order valence-electron chi connectivity index (χ1n) is 8.99. The minimum Gasteiger partial charge on any atom is -0.491 e. The molecule has 1 saturated heterocycles. The van der Waals surface area contributed by atoms with Gasteiger partial charge in [-0.05, 0) is 31.7 Å². The second kappa shape index (κ2) is 6.52. The number of hydrogen-bond donors (Lipinski definition) is 0. The molecule has 0 aromatic heterocycles. The lowest BCUT2D eigenvalue weighted by atomic mass is 9.98. The fourth-order valence-electron chi connectivity index (χ4n) is 3.90. The van der Waals surface area contributed by atoms with Gasteiger partial charge >= 0.3 is 0 Å². The number of anilines is 1. The number of piperazine rings is 1. The van der Waals surface area contributed by atoms with Gasteiger partial charge in [0, 0.05) is 56.6 Å². The summed E-state index contributed by atoms with van der Waals surface area (Å²) < 4.78 is 6.15. The number of nitrogens with zero attached hydrogens (tertiary/aromatic N) is 3. The highest BCUT2D eigenvalue weighted by Crippen LogP contribution is 2.35. The average Bonchev–Trinajstić information content (AvgIpc) is 2.61. The lowest BCUT2D eigenvalue weighted by molar-refractivity contribution is 0.167. The van der Waals surface area contributed by atoms with Crippen LogP contribution in [-0.4, -0.2) is 62.2 Å². The van der Waals surface area contributed by atoms with Gasteiger partial charge < -0.3 is 19.4 Å². The lowest BCUT2D eigenvalue weighted by Gasteiger charge is -2.39. The molecule has 0 N–H and O–H groups in total.